The average Bonchev–Trinajstić information content (AvgIpc) is 2.83. The second-order valence-electron chi connectivity index (χ2n) is 4.13. The molecule has 0 saturated carbocycles. The highest BCUT2D eigenvalue weighted by Gasteiger charge is 2.33. The Morgan fingerprint density at radius 1 is 1.00 bits per heavy atom. The van der Waals surface area contributed by atoms with Gasteiger partial charge in [-0.3, -0.25) is 0 Å². The molecule has 0 bridgehead atoms. The monoisotopic (exact) mass is 300 g/mol. The first-order chi connectivity index (χ1) is 9.84. The lowest BCUT2D eigenvalue weighted by atomic mass is 10.3. The van der Waals surface area contributed by atoms with Crippen LogP contribution in [0.1, 0.15) is 5.69 Å². The molecule has 4 nitrogen and oxygen atoms in total. The third-order valence-corrected chi connectivity index (χ3v) is 2.69. The zero-order valence-corrected chi connectivity index (χ0v) is 10.1. The normalized spacial score (nSPS) is 12.0. The van der Waals surface area contributed by atoms with E-state index in [0.29, 0.717) is 6.20 Å². The minimum absolute atomic E-state index is 0.0588. The lowest BCUT2D eigenvalue weighted by Gasteiger charge is -2.04. The quantitative estimate of drug-likeness (QED) is 0.512. The van der Waals surface area contributed by atoms with Crippen LogP contribution in [0.25, 0.3) is 17.0 Å². The molecular formula is C12H5F5N4. The van der Waals surface area contributed by atoms with Crippen molar-refractivity contribution >= 4 is 5.65 Å². The van der Waals surface area contributed by atoms with E-state index in [4.69, 9.17) is 0 Å². The number of imidazole rings is 1. The summed E-state index contributed by atoms with van der Waals surface area (Å²) in [7, 11) is 0. The van der Waals surface area contributed by atoms with Gasteiger partial charge >= 0.3 is 6.18 Å². The number of halogens is 5. The molecule has 0 amide bonds. The summed E-state index contributed by atoms with van der Waals surface area (Å²) < 4.78 is 65.3. The lowest BCUT2D eigenvalue weighted by molar-refractivity contribution is -0.141. The summed E-state index contributed by atoms with van der Waals surface area (Å²) in [5.41, 5.74) is -1.53. The molecule has 9 heteroatoms. The topological polar surface area (TPSA) is 43.1 Å². The first-order valence-electron chi connectivity index (χ1n) is 5.59. The minimum Gasteiger partial charge on any atom is -0.303 e. The van der Waals surface area contributed by atoms with Crippen molar-refractivity contribution in [1.82, 2.24) is 19.4 Å². The number of rotatable bonds is 1. The molecule has 3 rings (SSSR count). The van der Waals surface area contributed by atoms with Gasteiger partial charge in [0.1, 0.15) is 11.4 Å². The molecule has 0 fully saturated rings. The first-order valence-corrected chi connectivity index (χ1v) is 5.59. The summed E-state index contributed by atoms with van der Waals surface area (Å²) in [6.07, 6.45) is -1.88. The number of alkyl halides is 3. The standard InChI is InChI=1S/C12H5F5N4/c13-6-1-2-9(14)20-11(6)7-4-21-5-8(12(15,16)17)18-3-10(21)19-7/h1-5H. The Balaban J connectivity index is 2.15. The highest BCUT2D eigenvalue weighted by molar-refractivity contribution is 5.58. The third-order valence-electron chi connectivity index (χ3n) is 2.69. The molecule has 0 aliphatic carbocycles. The van der Waals surface area contributed by atoms with E-state index >= 15 is 0 Å². The molecule has 0 N–H and O–H groups in total. The molecule has 108 valence electrons. The molecular weight excluding hydrogens is 295 g/mol. The summed E-state index contributed by atoms with van der Waals surface area (Å²) in [5.74, 6) is -1.75. The van der Waals surface area contributed by atoms with Gasteiger partial charge in [0.05, 0.1) is 6.20 Å². The summed E-state index contributed by atoms with van der Waals surface area (Å²) in [4.78, 5) is 10.4. The Kier molecular flexibility index (Phi) is 2.85. The van der Waals surface area contributed by atoms with E-state index in [1.807, 2.05) is 0 Å². The average molecular weight is 300 g/mol. The zero-order valence-electron chi connectivity index (χ0n) is 10.1. The maximum atomic E-state index is 13.6. The van der Waals surface area contributed by atoms with Crippen LogP contribution in [0.15, 0.2) is 30.7 Å². The maximum absolute atomic E-state index is 13.6. The van der Waals surface area contributed by atoms with Gasteiger partial charge in [-0.25, -0.2) is 19.3 Å². The number of hydrogen-bond donors (Lipinski definition) is 0. The largest absolute Gasteiger partial charge is 0.434 e. The van der Waals surface area contributed by atoms with Crippen LogP contribution >= 0.6 is 0 Å². The van der Waals surface area contributed by atoms with Crippen molar-refractivity contribution in [3.63, 3.8) is 0 Å². The molecule has 3 heterocycles. The van der Waals surface area contributed by atoms with Gasteiger partial charge in [-0.1, -0.05) is 0 Å². The summed E-state index contributed by atoms with van der Waals surface area (Å²) >= 11 is 0. The van der Waals surface area contributed by atoms with Gasteiger partial charge in [-0.15, -0.1) is 0 Å². The SMILES string of the molecule is Fc1ccc(F)c(-c2cn3cc(C(F)(F)F)ncc3n2)n1. The van der Waals surface area contributed by atoms with E-state index < -0.39 is 23.6 Å². The summed E-state index contributed by atoms with van der Waals surface area (Å²) in [5, 5.41) is 0. The second-order valence-corrected chi connectivity index (χ2v) is 4.13. The van der Waals surface area contributed by atoms with Crippen LogP contribution in [0.5, 0.6) is 0 Å². The summed E-state index contributed by atoms with van der Waals surface area (Å²) in [6.45, 7) is 0. The maximum Gasteiger partial charge on any atom is 0.434 e. The number of nitrogens with zero attached hydrogens (tertiary/aromatic N) is 4. The Morgan fingerprint density at radius 3 is 2.48 bits per heavy atom. The Morgan fingerprint density at radius 2 is 1.76 bits per heavy atom. The Labute approximate surface area is 113 Å². The van der Waals surface area contributed by atoms with Crippen LogP contribution in [-0.4, -0.2) is 19.4 Å². The zero-order chi connectivity index (χ0) is 15.2. The number of fused-ring (bicyclic) bond motifs is 1. The van der Waals surface area contributed by atoms with E-state index in [9.17, 15) is 22.0 Å². The highest BCUT2D eigenvalue weighted by atomic mass is 19.4. The van der Waals surface area contributed by atoms with Crippen molar-refractivity contribution < 1.29 is 22.0 Å². The predicted molar refractivity (Wildman–Crippen MR) is 61.1 cm³/mol. The van der Waals surface area contributed by atoms with E-state index in [1.165, 1.54) is 0 Å². The molecule has 0 aromatic carbocycles. The molecule has 0 unspecified atom stereocenters. The van der Waals surface area contributed by atoms with Crippen molar-refractivity contribution in [1.29, 1.82) is 0 Å². The lowest BCUT2D eigenvalue weighted by Crippen LogP contribution is -2.08. The third kappa shape index (κ3) is 2.41. The number of pyridine rings is 1. The van der Waals surface area contributed by atoms with Crippen molar-refractivity contribution in [3.05, 3.63) is 48.2 Å². The van der Waals surface area contributed by atoms with Crippen molar-refractivity contribution in [2.24, 2.45) is 0 Å². The highest BCUT2D eigenvalue weighted by Crippen LogP contribution is 2.28. The summed E-state index contributed by atoms with van der Waals surface area (Å²) in [6, 6.07) is 1.69. The fraction of sp³-hybridized carbons (Fsp3) is 0.0833. The molecule has 0 spiro atoms. The smallest absolute Gasteiger partial charge is 0.303 e. The number of aromatic nitrogens is 4. The van der Waals surface area contributed by atoms with Crippen molar-refractivity contribution in [2.45, 2.75) is 6.18 Å². The van der Waals surface area contributed by atoms with Gasteiger partial charge in [0.15, 0.2) is 17.2 Å². The van der Waals surface area contributed by atoms with Gasteiger partial charge in [0.25, 0.3) is 0 Å². The van der Waals surface area contributed by atoms with E-state index in [-0.39, 0.29) is 17.0 Å². The molecule has 0 aliphatic rings. The van der Waals surface area contributed by atoms with Crippen LogP contribution in [0.3, 0.4) is 0 Å². The predicted octanol–water partition coefficient (Wildman–Crippen LogP) is 3.09. The second kappa shape index (κ2) is 4.47. The van der Waals surface area contributed by atoms with Gasteiger partial charge in [-0.05, 0) is 12.1 Å². The molecule has 3 aromatic heterocycles. The van der Waals surface area contributed by atoms with Crippen molar-refractivity contribution in [2.75, 3.05) is 0 Å². The van der Waals surface area contributed by atoms with Gasteiger partial charge in [0.2, 0.25) is 5.95 Å². The van der Waals surface area contributed by atoms with Crippen LogP contribution in [0.4, 0.5) is 22.0 Å². The molecule has 3 aromatic rings. The number of hydrogen-bond acceptors (Lipinski definition) is 3. The molecule has 0 aliphatic heterocycles. The molecule has 0 radical (unpaired) electrons. The Bertz CT molecular complexity index is 824. The fourth-order valence-electron chi connectivity index (χ4n) is 1.76. The Hall–Kier alpha value is -2.58. The van der Waals surface area contributed by atoms with Gasteiger partial charge < -0.3 is 4.40 Å². The van der Waals surface area contributed by atoms with Crippen LogP contribution in [-0.2, 0) is 6.18 Å². The molecule has 0 saturated heterocycles. The van der Waals surface area contributed by atoms with Gasteiger partial charge in [0, 0.05) is 12.4 Å². The first kappa shape index (κ1) is 13.4. The van der Waals surface area contributed by atoms with Crippen LogP contribution < -0.4 is 0 Å². The van der Waals surface area contributed by atoms with Gasteiger partial charge in [-0.2, -0.15) is 17.6 Å². The van der Waals surface area contributed by atoms with E-state index in [1.54, 1.807) is 0 Å². The fourth-order valence-corrected chi connectivity index (χ4v) is 1.76. The molecule has 0 atom stereocenters. The van der Waals surface area contributed by atoms with Crippen LogP contribution in [0, 0.1) is 11.8 Å². The van der Waals surface area contributed by atoms with E-state index in [0.717, 1.165) is 28.9 Å². The van der Waals surface area contributed by atoms with E-state index in [2.05, 4.69) is 15.0 Å². The minimum atomic E-state index is -4.61. The van der Waals surface area contributed by atoms with Crippen molar-refractivity contribution in [3.8, 4) is 11.4 Å². The van der Waals surface area contributed by atoms with Crippen LogP contribution in [0.2, 0.25) is 0 Å². The molecule has 21 heavy (non-hydrogen) atoms.